The summed E-state index contributed by atoms with van der Waals surface area (Å²) in [6, 6.07) is 26.6. The third-order valence-corrected chi connectivity index (χ3v) is 10.2. The normalized spacial score (nSPS) is 12.7. The van der Waals surface area contributed by atoms with E-state index >= 15 is 0 Å². The Bertz CT molecular complexity index is 1750. The minimum Gasteiger partial charge on any atom is -0.352 e. The van der Waals surface area contributed by atoms with Crippen molar-refractivity contribution in [1.29, 1.82) is 0 Å². The Labute approximate surface area is 282 Å². The molecule has 10 heteroatoms. The predicted molar refractivity (Wildman–Crippen MR) is 186 cm³/mol. The largest absolute Gasteiger partial charge is 0.352 e. The number of benzene rings is 4. The summed E-state index contributed by atoms with van der Waals surface area (Å²) >= 11 is 12.8. The second kappa shape index (κ2) is 15.6. The number of anilines is 1. The topological polar surface area (TPSA) is 86.8 Å². The minimum atomic E-state index is -4.18. The molecule has 46 heavy (non-hydrogen) atoms. The van der Waals surface area contributed by atoms with Crippen LogP contribution in [0.3, 0.4) is 0 Å². The molecule has 4 rings (SSSR count). The number of rotatable bonds is 13. The van der Waals surface area contributed by atoms with Crippen LogP contribution in [0.2, 0.25) is 10.0 Å². The molecular formula is C36H39Cl2N3O4S. The summed E-state index contributed by atoms with van der Waals surface area (Å²) in [5.41, 5.74) is 3.57. The molecule has 0 aliphatic rings. The number of carbonyl (C=O) groups is 2. The SMILES string of the molecule is CCC(C)NC(=O)C(Cc1ccccc1)N(Cc1ccc(Cl)cc1Cl)C(=O)CN(c1ccc(C)cc1)S(=O)(=O)c1ccc(C)cc1. The van der Waals surface area contributed by atoms with Gasteiger partial charge in [-0.15, -0.1) is 0 Å². The summed E-state index contributed by atoms with van der Waals surface area (Å²) in [6.07, 6.45) is 0.895. The Morgan fingerprint density at radius 2 is 1.46 bits per heavy atom. The highest BCUT2D eigenvalue weighted by Gasteiger charge is 2.35. The van der Waals surface area contributed by atoms with Crippen molar-refractivity contribution in [3.05, 3.63) is 129 Å². The summed E-state index contributed by atoms with van der Waals surface area (Å²) in [5.74, 6) is -0.914. The molecule has 7 nitrogen and oxygen atoms in total. The van der Waals surface area contributed by atoms with E-state index in [0.717, 1.165) is 21.0 Å². The molecule has 242 valence electrons. The first-order valence-electron chi connectivity index (χ1n) is 15.1. The van der Waals surface area contributed by atoms with Crippen molar-refractivity contribution in [3.8, 4) is 0 Å². The van der Waals surface area contributed by atoms with Gasteiger partial charge in [0.05, 0.1) is 10.6 Å². The summed E-state index contributed by atoms with van der Waals surface area (Å²) < 4.78 is 29.4. The molecule has 1 N–H and O–H groups in total. The van der Waals surface area contributed by atoms with Crippen LogP contribution in [0.5, 0.6) is 0 Å². The van der Waals surface area contributed by atoms with Crippen molar-refractivity contribution < 1.29 is 18.0 Å². The van der Waals surface area contributed by atoms with Crippen molar-refractivity contribution in [2.24, 2.45) is 0 Å². The lowest BCUT2D eigenvalue weighted by Crippen LogP contribution is -2.54. The van der Waals surface area contributed by atoms with Crippen LogP contribution >= 0.6 is 23.2 Å². The Morgan fingerprint density at radius 3 is 2.04 bits per heavy atom. The fourth-order valence-corrected chi connectivity index (χ4v) is 6.79. The second-order valence-electron chi connectivity index (χ2n) is 11.4. The van der Waals surface area contributed by atoms with Crippen LogP contribution in [0.15, 0.2) is 102 Å². The van der Waals surface area contributed by atoms with Gasteiger partial charge in [-0.05, 0) is 74.7 Å². The minimum absolute atomic E-state index is 0.0490. The Hall–Kier alpha value is -3.85. The number of nitrogens with one attached hydrogen (secondary N) is 1. The third kappa shape index (κ3) is 8.90. The van der Waals surface area contributed by atoms with E-state index in [0.29, 0.717) is 27.7 Å². The van der Waals surface area contributed by atoms with E-state index in [1.165, 1.54) is 17.0 Å². The average molecular weight is 681 g/mol. The fraction of sp³-hybridized carbons (Fsp3) is 0.278. The van der Waals surface area contributed by atoms with Gasteiger partial charge in [0.25, 0.3) is 10.0 Å². The van der Waals surface area contributed by atoms with Crippen molar-refractivity contribution >= 4 is 50.7 Å². The number of hydrogen-bond acceptors (Lipinski definition) is 4. The zero-order valence-electron chi connectivity index (χ0n) is 26.4. The van der Waals surface area contributed by atoms with Crippen LogP contribution in [0.25, 0.3) is 0 Å². The number of aryl methyl sites for hydroxylation is 2. The molecule has 0 spiro atoms. The standard InChI is InChI=1S/C36H39Cl2N3O4S/c1-5-27(4)39-36(43)34(21-28-9-7-6-8-10-28)40(23-29-15-16-30(37)22-33(29)38)35(42)24-41(31-17-11-25(2)12-18-31)46(44,45)32-19-13-26(3)14-20-32/h6-20,22,27,34H,5,21,23-24H2,1-4H3,(H,39,43). The van der Waals surface area contributed by atoms with Gasteiger partial charge in [0.1, 0.15) is 12.6 Å². The molecule has 0 aliphatic heterocycles. The highest BCUT2D eigenvalue weighted by atomic mass is 35.5. The van der Waals surface area contributed by atoms with Crippen molar-refractivity contribution in [2.75, 3.05) is 10.8 Å². The van der Waals surface area contributed by atoms with Crippen molar-refractivity contribution in [3.63, 3.8) is 0 Å². The van der Waals surface area contributed by atoms with Gasteiger partial charge >= 0.3 is 0 Å². The average Bonchev–Trinajstić information content (AvgIpc) is 3.03. The van der Waals surface area contributed by atoms with Crippen LogP contribution in [0, 0.1) is 13.8 Å². The van der Waals surface area contributed by atoms with Crippen molar-refractivity contribution in [1.82, 2.24) is 10.2 Å². The molecule has 0 heterocycles. The van der Waals surface area contributed by atoms with E-state index in [1.54, 1.807) is 54.6 Å². The van der Waals surface area contributed by atoms with Gasteiger partial charge in [-0.1, -0.05) is 102 Å². The third-order valence-electron chi connectivity index (χ3n) is 7.84. The van der Waals surface area contributed by atoms with Gasteiger partial charge in [0, 0.05) is 29.1 Å². The van der Waals surface area contributed by atoms with E-state index in [9.17, 15) is 18.0 Å². The number of hydrogen-bond donors (Lipinski definition) is 1. The molecule has 2 atom stereocenters. The van der Waals surface area contributed by atoms with Gasteiger partial charge in [-0.2, -0.15) is 0 Å². The molecule has 2 unspecified atom stereocenters. The lowest BCUT2D eigenvalue weighted by Gasteiger charge is -2.34. The highest BCUT2D eigenvalue weighted by molar-refractivity contribution is 7.92. The number of carbonyl (C=O) groups excluding carboxylic acids is 2. The van der Waals surface area contributed by atoms with Gasteiger partial charge in [-0.3, -0.25) is 13.9 Å². The number of halogens is 2. The van der Waals surface area contributed by atoms with E-state index in [1.807, 2.05) is 58.0 Å². The van der Waals surface area contributed by atoms with Gasteiger partial charge < -0.3 is 10.2 Å². The summed E-state index contributed by atoms with van der Waals surface area (Å²) in [4.78, 5) is 30.0. The van der Waals surface area contributed by atoms with Crippen molar-refractivity contribution in [2.45, 2.75) is 64.1 Å². The van der Waals surface area contributed by atoms with Gasteiger partial charge in [0.15, 0.2) is 0 Å². The van der Waals surface area contributed by atoms with Gasteiger partial charge in [0.2, 0.25) is 11.8 Å². The smallest absolute Gasteiger partial charge is 0.264 e. The molecular weight excluding hydrogens is 641 g/mol. The Morgan fingerprint density at radius 1 is 0.848 bits per heavy atom. The van der Waals surface area contributed by atoms with Crippen LogP contribution in [0.1, 0.15) is 42.5 Å². The summed E-state index contributed by atoms with van der Waals surface area (Å²) in [6.45, 7) is 7.03. The van der Waals surface area contributed by atoms with E-state index < -0.39 is 28.5 Å². The summed E-state index contributed by atoms with van der Waals surface area (Å²) in [5, 5.41) is 3.78. The maximum atomic E-state index is 14.6. The molecule has 0 bridgehead atoms. The number of nitrogens with zero attached hydrogens (tertiary/aromatic N) is 2. The quantitative estimate of drug-likeness (QED) is 0.160. The Balaban J connectivity index is 1.82. The van der Waals surface area contributed by atoms with E-state index in [2.05, 4.69) is 5.32 Å². The molecule has 0 saturated heterocycles. The molecule has 0 saturated carbocycles. The highest BCUT2D eigenvalue weighted by Crippen LogP contribution is 2.27. The zero-order valence-corrected chi connectivity index (χ0v) is 28.7. The van der Waals surface area contributed by atoms with E-state index in [-0.39, 0.29) is 29.8 Å². The number of sulfonamides is 1. The maximum absolute atomic E-state index is 14.6. The lowest BCUT2D eigenvalue weighted by atomic mass is 10.0. The predicted octanol–water partition coefficient (Wildman–Crippen LogP) is 7.36. The fourth-order valence-electron chi connectivity index (χ4n) is 4.91. The molecule has 0 aromatic heterocycles. The van der Waals surface area contributed by atoms with Crippen LogP contribution in [0.4, 0.5) is 5.69 Å². The monoisotopic (exact) mass is 679 g/mol. The van der Waals surface area contributed by atoms with Gasteiger partial charge in [-0.25, -0.2) is 8.42 Å². The number of amides is 2. The molecule has 0 fully saturated rings. The molecule has 4 aromatic carbocycles. The first-order valence-corrected chi connectivity index (χ1v) is 17.3. The van der Waals surface area contributed by atoms with Crippen LogP contribution in [-0.4, -0.2) is 43.8 Å². The first kappa shape index (κ1) is 35.0. The lowest BCUT2D eigenvalue weighted by molar-refractivity contribution is -0.140. The Kier molecular flexibility index (Phi) is 11.9. The molecule has 2 amide bonds. The molecule has 0 aliphatic carbocycles. The zero-order chi connectivity index (χ0) is 33.4. The molecule has 4 aromatic rings. The second-order valence-corrected chi connectivity index (χ2v) is 14.1. The van der Waals surface area contributed by atoms with Crippen LogP contribution < -0.4 is 9.62 Å². The van der Waals surface area contributed by atoms with Crippen LogP contribution in [-0.2, 0) is 32.6 Å². The first-order chi connectivity index (χ1) is 21.9. The summed E-state index contributed by atoms with van der Waals surface area (Å²) in [7, 11) is -4.18. The molecule has 0 radical (unpaired) electrons. The van der Waals surface area contributed by atoms with E-state index in [4.69, 9.17) is 23.2 Å². The maximum Gasteiger partial charge on any atom is 0.264 e.